The second-order valence-corrected chi connectivity index (χ2v) is 3.25. The van der Waals surface area contributed by atoms with Gasteiger partial charge in [0.2, 0.25) is 0 Å². The molecule has 5 heteroatoms. The van der Waals surface area contributed by atoms with Gasteiger partial charge < -0.3 is 14.9 Å². The van der Waals surface area contributed by atoms with Crippen LogP contribution in [0.1, 0.15) is 6.92 Å². The topological polar surface area (TPSA) is 66.8 Å². The van der Waals surface area contributed by atoms with Crippen LogP contribution in [0.25, 0.3) is 0 Å². The molecule has 0 spiro atoms. The highest BCUT2D eigenvalue weighted by Gasteiger charge is 2.05. The highest BCUT2D eigenvalue weighted by molar-refractivity contribution is 7.99. The van der Waals surface area contributed by atoms with E-state index in [1.165, 1.54) is 11.8 Å². The number of hydrogen-bond donors (Lipinski definition) is 2. The Bertz CT molecular complexity index is 129. The Morgan fingerprint density at radius 3 is 2.83 bits per heavy atom. The summed E-state index contributed by atoms with van der Waals surface area (Å²) in [5.74, 6) is -0.418. The van der Waals surface area contributed by atoms with Crippen molar-refractivity contribution < 1.29 is 19.7 Å². The molecule has 0 aliphatic rings. The van der Waals surface area contributed by atoms with E-state index < -0.39 is 12.1 Å². The molecule has 4 nitrogen and oxygen atoms in total. The summed E-state index contributed by atoms with van der Waals surface area (Å²) < 4.78 is 4.94. The van der Waals surface area contributed by atoms with Crippen molar-refractivity contribution in [3.63, 3.8) is 0 Å². The summed E-state index contributed by atoms with van der Waals surface area (Å²) in [6.07, 6.45) is -0.561. The predicted octanol–water partition coefficient (Wildman–Crippen LogP) is 0.202. The molecule has 0 aromatic rings. The Kier molecular flexibility index (Phi) is 7.23. The van der Waals surface area contributed by atoms with Crippen molar-refractivity contribution in [2.45, 2.75) is 13.0 Å². The Morgan fingerprint density at radius 2 is 2.33 bits per heavy atom. The van der Waals surface area contributed by atoms with Crippen LogP contribution in [0.5, 0.6) is 0 Å². The lowest BCUT2D eigenvalue weighted by molar-refractivity contribution is -0.133. The van der Waals surface area contributed by atoms with Gasteiger partial charge in [0.25, 0.3) is 0 Å². The highest BCUT2D eigenvalue weighted by Crippen LogP contribution is 2.02. The number of carbonyl (C=O) groups is 1. The van der Waals surface area contributed by atoms with Crippen LogP contribution in [-0.2, 0) is 9.53 Å². The summed E-state index contributed by atoms with van der Waals surface area (Å²) in [5.41, 5.74) is 0. The van der Waals surface area contributed by atoms with Crippen LogP contribution in [-0.4, -0.2) is 47.0 Å². The quantitative estimate of drug-likeness (QED) is 0.606. The lowest BCUT2D eigenvalue weighted by Gasteiger charge is -2.08. The molecule has 2 N–H and O–H groups in total. The third-order valence-corrected chi connectivity index (χ3v) is 2.12. The maximum atomic E-state index is 10.1. The fraction of sp³-hybridized carbons (Fsp3) is 0.857. The number of carboxylic acids is 1. The van der Waals surface area contributed by atoms with E-state index >= 15 is 0 Å². The van der Waals surface area contributed by atoms with Crippen molar-refractivity contribution in [1.29, 1.82) is 0 Å². The smallest absolute Gasteiger partial charge is 0.313 e. The van der Waals surface area contributed by atoms with Gasteiger partial charge in [0.15, 0.2) is 0 Å². The van der Waals surface area contributed by atoms with Gasteiger partial charge >= 0.3 is 5.97 Å². The molecule has 0 radical (unpaired) electrons. The normalized spacial score (nSPS) is 12.8. The molecule has 0 aliphatic heterocycles. The van der Waals surface area contributed by atoms with Gasteiger partial charge in [-0.3, -0.25) is 4.79 Å². The van der Waals surface area contributed by atoms with Crippen LogP contribution < -0.4 is 0 Å². The number of ether oxygens (including phenoxy) is 1. The molecule has 0 bridgehead atoms. The van der Waals surface area contributed by atoms with E-state index in [-0.39, 0.29) is 12.4 Å². The number of rotatable bonds is 7. The molecular weight excluding hydrogens is 180 g/mol. The van der Waals surface area contributed by atoms with Crippen LogP contribution in [0.2, 0.25) is 0 Å². The maximum absolute atomic E-state index is 10.1. The van der Waals surface area contributed by atoms with Crippen molar-refractivity contribution in [3.8, 4) is 0 Å². The molecule has 0 heterocycles. The van der Waals surface area contributed by atoms with Crippen LogP contribution in [0.15, 0.2) is 0 Å². The average Bonchev–Trinajstić information content (AvgIpc) is 2.00. The maximum Gasteiger partial charge on any atom is 0.313 e. The summed E-state index contributed by atoms with van der Waals surface area (Å²) in [6.45, 7) is 2.70. The molecule has 0 aromatic carbocycles. The number of thioether (sulfide) groups is 1. The van der Waals surface area contributed by atoms with Crippen molar-refractivity contribution in [1.82, 2.24) is 0 Å². The second kappa shape index (κ2) is 7.39. The van der Waals surface area contributed by atoms with Gasteiger partial charge in [-0.2, -0.15) is 0 Å². The lowest BCUT2D eigenvalue weighted by Crippen LogP contribution is -2.18. The van der Waals surface area contributed by atoms with E-state index in [2.05, 4.69) is 0 Å². The minimum Gasteiger partial charge on any atom is -0.481 e. The SMILES string of the molecule is CCOCC(O)CSCC(=O)O. The molecule has 72 valence electrons. The number of carboxylic acid groups (broad SMARTS) is 1. The Labute approximate surface area is 75.9 Å². The van der Waals surface area contributed by atoms with Crippen LogP contribution in [0, 0.1) is 0 Å². The van der Waals surface area contributed by atoms with E-state index in [0.29, 0.717) is 12.4 Å². The standard InChI is InChI=1S/C7H14O4S/c1-2-11-3-6(8)4-12-5-7(9)10/h6,8H,2-5H2,1H3,(H,9,10). The zero-order valence-corrected chi connectivity index (χ0v) is 7.84. The average molecular weight is 194 g/mol. The highest BCUT2D eigenvalue weighted by atomic mass is 32.2. The number of aliphatic hydroxyl groups is 1. The minimum atomic E-state index is -0.858. The Morgan fingerprint density at radius 1 is 1.67 bits per heavy atom. The number of hydrogen-bond acceptors (Lipinski definition) is 4. The summed E-state index contributed by atoms with van der Waals surface area (Å²) in [4.78, 5) is 10.1. The first-order valence-corrected chi connectivity index (χ1v) is 4.87. The van der Waals surface area contributed by atoms with Gasteiger partial charge in [-0.25, -0.2) is 0 Å². The number of aliphatic carboxylic acids is 1. The van der Waals surface area contributed by atoms with Crippen molar-refractivity contribution in [2.24, 2.45) is 0 Å². The lowest BCUT2D eigenvalue weighted by atomic mass is 10.4. The molecule has 0 aromatic heterocycles. The molecule has 0 saturated carbocycles. The Hall–Kier alpha value is -0.260. The molecule has 0 amide bonds. The summed E-state index contributed by atoms with van der Waals surface area (Å²) in [7, 11) is 0. The monoisotopic (exact) mass is 194 g/mol. The van der Waals surface area contributed by atoms with Crippen LogP contribution in [0.3, 0.4) is 0 Å². The molecule has 1 atom stereocenters. The summed E-state index contributed by atoms with van der Waals surface area (Å²) in [5, 5.41) is 17.4. The first kappa shape index (κ1) is 11.7. The van der Waals surface area contributed by atoms with E-state index in [4.69, 9.17) is 14.9 Å². The van der Waals surface area contributed by atoms with E-state index in [0.717, 1.165) is 0 Å². The first-order chi connectivity index (χ1) is 5.66. The minimum absolute atomic E-state index is 0.0309. The third-order valence-electron chi connectivity index (χ3n) is 1.05. The van der Waals surface area contributed by atoms with Gasteiger partial charge in [0.05, 0.1) is 18.5 Å². The molecule has 0 saturated heterocycles. The van der Waals surface area contributed by atoms with Crippen LogP contribution >= 0.6 is 11.8 Å². The van der Waals surface area contributed by atoms with Crippen molar-refractivity contribution in [2.75, 3.05) is 24.7 Å². The molecule has 0 rings (SSSR count). The Balaban J connectivity index is 3.19. The van der Waals surface area contributed by atoms with Crippen LogP contribution in [0.4, 0.5) is 0 Å². The third kappa shape index (κ3) is 7.84. The molecular formula is C7H14O4S. The van der Waals surface area contributed by atoms with Gasteiger partial charge in [-0.1, -0.05) is 0 Å². The van der Waals surface area contributed by atoms with E-state index in [9.17, 15) is 4.79 Å². The van der Waals surface area contributed by atoms with Crippen molar-refractivity contribution in [3.05, 3.63) is 0 Å². The van der Waals surface area contributed by atoms with Gasteiger partial charge in [0, 0.05) is 12.4 Å². The predicted molar refractivity (Wildman–Crippen MR) is 47.5 cm³/mol. The second-order valence-electron chi connectivity index (χ2n) is 2.22. The largest absolute Gasteiger partial charge is 0.481 e. The fourth-order valence-electron chi connectivity index (χ4n) is 0.584. The van der Waals surface area contributed by atoms with Gasteiger partial charge in [-0.15, -0.1) is 11.8 Å². The summed E-state index contributed by atoms with van der Waals surface area (Å²) >= 11 is 1.19. The molecule has 0 fully saturated rings. The zero-order chi connectivity index (χ0) is 9.40. The summed E-state index contributed by atoms with van der Waals surface area (Å²) in [6, 6.07) is 0. The van der Waals surface area contributed by atoms with Crippen molar-refractivity contribution >= 4 is 17.7 Å². The van der Waals surface area contributed by atoms with E-state index in [1.54, 1.807) is 0 Å². The number of aliphatic hydroxyl groups excluding tert-OH is 1. The first-order valence-electron chi connectivity index (χ1n) is 3.72. The molecule has 12 heavy (non-hydrogen) atoms. The van der Waals surface area contributed by atoms with Gasteiger partial charge in [0.1, 0.15) is 0 Å². The zero-order valence-electron chi connectivity index (χ0n) is 7.02. The molecule has 1 unspecified atom stereocenters. The fourth-order valence-corrected chi connectivity index (χ4v) is 1.25. The molecule has 0 aliphatic carbocycles. The van der Waals surface area contributed by atoms with E-state index in [1.807, 2.05) is 6.92 Å². The van der Waals surface area contributed by atoms with Gasteiger partial charge in [-0.05, 0) is 6.92 Å².